The van der Waals surface area contributed by atoms with Crippen LogP contribution in [0.4, 0.5) is 4.39 Å². The Bertz CT molecular complexity index is 1580. The van der Waals surface area contributed by atoms with Gasteiger partial charge in [-0.3, -0.25) is 15.1 Å². The average Bonchev–Trinajstić information content (AvgIpc) is 3.42. The Kier molecular flexibility index (Phi) is 4.07. The normalized spacial score (nSPS) is 11.4. The van der Waals surface area contributed by atoms with E-state index in [9.17, 15) is 4.39 Å². The Morgan fingerprint density at radius 1 is 0.875 bits per heavy atom. The summed E-state index contributed by atoms with van der Waals surface area (Å²) >= 11 is 0. The number of halogens is 1. The summed E-state index contributed by atoms with van der Waals surface area (Å²) in [6.07, 6.45) is 5.25. The summed E-state index contributed by atoms with van der Waals surface area (Å²) in [6.45, 7) is 1.87. The third-order valence-corrected chi connectivity index (χ3v) is 5.48. The second kappa shape index (κ2) is 7.09. The highest BCUT2D eigenvalue weighted by Gasteiger charge is 2.16. The van der Waals surface area contributed by atoms with Gasteiger partial charge >= 0.3 is 0 Å². The van der Waals surface area contributed by atoms with Gasteiger partial charge in [-0.25, -0.2) is 9.37 Å². The Labute approximate surface area is 182 Å². The summed E-state index contributed by atoms with van der Waals surface area (Å²) in [6, 6.07) is 16.6. The first kappa shape index (κ1) is 18.4. The molecule has 32 heavy (non-hydrogen) atoms. The highest BCUT2D eigenvalue weighted by molar-refractivity contribution is 5.99. The lowest BCUT2D eigenvalue weighted by molar-refractivity contribution is 0.627. The minimum atomic E-state index is -0.278. The first-order valence-electron chi connectivity index (χ1n) is 10.2. The van der Waals surface area contributed by atoms with E-state index in [1.807, 2.05) is 49.4 Å². The molecule has 6 aromatic rings. The van der Waals surface area contributed by atoms with Crippen molar-refractivity contribution in [3.63, 3.8) is 0 Å². The molecule has 6 nitrogen and oxygen atoms in total. The lowest BCUT2D eigenvalue weighted by Gasteiger charge is -2.04. The molecule has 0 atom stereocenters. The van der Waals surface area contributed by atoms with E-state index in [4.69, 9.17) is 4.98 Å². The Morgan fingerprint density at radius 2 is 1.81 bits per heavy atom. The van der Waals surface area contributed by atoms with Gasteiger partial charge in [0.25, 0.3) is 0 Å². The predicted molar refractivity (Wildman–Crippen MR) is 122 cm³/mol. The van der Waals surface area contributed by atoms with Crippen molar-refractivity contribution in [3.8, 4) is 33.9 Å². The van der Waals surface area contributed by atoms with Crippen LogP contribution in [0.5, 0.6) is 0 Å². The molecular formula is C25H17FN6. The number of aryl methyl sites for hydroxylation is 1. The lowest BCUT2D eigenvalue weighted by Crippen LogP contribution is -1.87. The van der Waals surface area contributed by atoms with Gasteiger partial charge in [-0.2, -0.15) is 5.10 Å². The lowest BCUT2D eigenvalue weighted by atomic mass is 10.0. The second-order valence-electron chi connectivity index (χ2n) is 7.73. The fraction of sp³-hybridized carbons (Fsp3) is 0.0400. The Morgan fingerprint density at radius 3 is 2.66 bits per heavy atom. The van der Waals surface area contributed by atoms with Crippen LogP contribution in [0, 0.1) is 12.7 Å². The van der Waals surface area contributed by atoms with Gasteiger partial charge in [0.2, 0.25) is 0 Å². The zero-order valence-corrected chi connectivity index (χ0v) is 17.1. The minimum absolute atomic E-state index is 0.278. The highest BCUT2D eigenvalue weighted by atomic mass is 19.1. The first-order chi connectivity index (χ1) is 15.7. The van der Waals surface area contributed by atoms with Crippen molar-refractivity contribution in [2.75, 3.05) is 0 Å². The number of hydrogen-bond donors (Lipinski definition) is 2. The molecule has 0 radical (unpaired) electrons. The molecule has 0 spiro atoms. The van der Waals surface area contributed by atoms with Gasteiger partial charge in [-0.05, 0) is 67.1 Å². The molecule has 0 aliphatic heterocycles. The number of rotatable bonds is 3. The molecule has 5 aromatic heterocycles. The summed E-state index contributed by atoms with van der Waals surface area (Å²) < 4.78 is 14.0. The molecule has 0 bridgehead atoms. The molecule has 7 heteroatoms. The molecule has 5 heterocycles. The number of aromatic amines is 2. The zero-order valence-electron chi connectivity index (χ0n) is 17.1. The average molecular weight is 420 g/mol. The maximum atomic E-state index is 14.0. The van der Waals surface area contributed by atoms with Crippen LogP contribution in [-0.4, -0.2) is 30.1 Å². The smallest absolute Gasteiger partial charge is 0.135 e. The molecule has 0 saturated heterocycles. The molecular weight excluding hydrogens is 403 g/mol. The van der Waals surface area contributed by atoms with Gasteiger partial charge in [0.1, 0.15) is 17.0 Å². The van der Waals surface area contributed by atoms with E-state index in [2.05, 4.69) is 25.1 Å². The van der Waals surface area contributed by atoms with Crippen LogP contribution in [0.1, 0.15) is 5.56 Å². The number of hydrogen-bond acceptors (Lipinski definition) is 4. The monoisotopic (exact) mass is 420 g/mol. The number of H-pyrrole nitrogens is 2. The van der Waals surface area contributed by atoms with E-state index >= 15 is 0 Å². The van der Waals surface area contributed by atoms with Gasteiger partial charge < -0.3 is 4.98 Å². The van der Waals surface area contributed by atoms with Crippen molar-refractivity contribution in [1.29, 1.82) is 0 Å². The van der Waals surface area contributed by atoms with E-state index in [0.717, 1.165) is 55.7 Å². The van der Waals surface area contributed by atoms with Crippen molar-refractivity contribution >= 4 is 21.9 Å². The van der Waals surface area contributed by atoms with Crippen molar-refractivity contribution in [2.24, 2.45) is 0 Å². The third kappa shape index (κ3) is 3.02. The summed E-state index contributed by atoms with van der Waals surface area (Å²) in [5.41, 5.74) is 8.07. The number of aromatic nitrogens is 6. The van der Waals surface area contributed by atoms with E-state index in [0.29, 0.717) is 5.69 Å². The summed E-state index contributed by atoms with van der Waals surface area (Å²) in [4.78, 5) is 17.0. The standard InChI is InChI=1S/C25H17FN6/c1-14-9-16(11-17(26)10-14)23-18-12-22(29-20(18)6-8-28-23)25-24-21(31-32-25)5-4-19(30-24)15-3-2-7-27-13-15/h2-13,29H,1H3,(H,31,32). The molecule has 6 rings (SSSR count). The van der Waals surface area contributed by atoms with Gasteiger partial charge in [-0.1, -0.05) is 0 Å². The van der Waals surface area contributed by atoms with Crippen molar-refractivity contribution in [1.82, 2.24) is 30.1 Å². The molecule has 0 aliphatic rings. The number of nitrogens with zero attached hydrogens (tertiary/aromatic N) is 4. The van der Waals surface area contributed by atoms with Crippen LogP contribution in [0.2, 0.25) is 0 Å². The van der Waals surface area contributed by atoms with Gasteiger partial charge in [-0.15, -0.1) is 0 Å². The molecule has 0 fully saturated rings. The van der Waals surface area contributed by atoms with Crippen LogP contribution in [0.3, 0.4) is 0 Å². The quantitative estimate of drug-likeness (QED) is 0.386. The summed E-state index contributed by atoms with van der Waals surface area (Å²) in [5, 5.41) is 8.46. The molecule has 154 valence electrons. The molecule has 0 unspecified atom stereocenters. The number of pyridine rings is 3. The molecule has 0 amide bonds. The van der Waals surface area contributed by atoms with E-state index < -0.39 is 0 Å². The van der Waals surface area contributed by atoms with E-state index in [1.54, 1.807) is 18.6 Å². The third-order valence-electron chi connectivity index (χ3n) is 5.48. The SMILES string of the molecule is Cc1cc(F)cc(-c2nccc3[nH]c(-c4n[nH]c5ccc(-c6cccnc6)nc45)cc23)c1. The van der Waals surface area contributed by atoms with Gasteiger partial charge in [0.05, 0.1) is 22.6 Å². The molecule has 0 aliphatic carbocycles. The van der Waals surface area contributed by atoms with Crippen molar-refractivity contribution < 1.29 is 4.39 Å². The highest BCUT2D eigenvalue weighted by Crippen LogP contribution is 2.33. The van der Waals surface area contributed by atoms with Gasteiger partial charge in [0, 0.05) is 40.6 Å². The topological polar surface area (TPSA) is 83.1 Å². The van der Waals surface area contributed by atoms with E-state index in [1.165, 1.54) is 12.1 Å². The molecule has 2 N–H and O–H groups in total. The largest absolute Gasteiger partial charge is 0.353 e. The fourth-order valence-corrected chi connectivity index (χ4v) is 4.05. The Balaban J connectivity index is 1.52. The maximum absolute atomic E-state index is 14.0. The number of nitrogens with one attached hydrogen (secondary N) is 2. The van der Waals surface area contributed by atoms with Crippen molar-refractivity contribution in [3.05, 3.63) is 84.6 Å². The molecule has 0 saturated carbocycles. The fourth-order valence-electron chi connectivity index (χ4n) is 4.05. The minimum Gasteiger partial charge on any atom is -0.353 e. The van der Waals surface area contributed by atoms with Crippen LogP contribution >= 0.6 is 0 Å². The predicted octanol–water partition coefficient (Wildman–Crippen LogP) is 5.68. The number of fused-ring (bicyclic) bond motifs is 2. The van der Waals surface area contributed by atoms with Crippen LogP contribution < -0.4 is 0 Å². The Hall–Kier alpha value is -4.39. The molecule has 1 aromatic carbocycles. The summed E-state index contributed by atoms with van der Waals surface area (Å²) in [7, 11) is 0. The van der Waals surface area contributed by atoms with Crippen LogP contribution in [0.25, 0.3) is 55.8 Å². The first-order valence-corrected chi connectivity index (χ1v) is 10.2. The second-order valence-corrected chi connectivity index (χ2v) is 7.73. The number of benzene rings is 1. The van der Waals surface area contributed by atoms with Crippen LogP contribution in [0.15, 0.2) is 73.2 Å². The van der Waals surface area contributed by atoms with E-state index in [-0.39, 0.29) is 5.82 Å². The van der Waals surface area contributed by atoms with Crippen molar-refractivity contribution in [2.45, 2.75) is 6.92 Å². The summed E-state index contributed by atoms with van der Waals surface area (Å²) in [5.74, 6) is -0.278. The van der Waals surface area contributed by atoms with Gasteiger partial charge in [0.15, 0.2) is 0 Å². The zero-order chi connectivity index (χ0) is 21.7. The maximum Gasteiger partial charge on any atom is 0.135 e. The van der Waals surface area contributed by atoms with Crippen LogP contribution in [-0.2, 0) is 0 Å².